The molecule has 1 N–H and O–H groups in total. The fourth-order valence-corrected chi connectivity index (χ4v) is 2.33. The topological polar surface area (TPSA) is 12.0 Å². The van der Waals surface area contributed by atoms with Gasteiger partial charge >= 0.3 is 0 Å². The molecule has 0 aromatic heterocycles. The largest absolute Gasteiger partial charge is 0.316 e. The second-order valence-corrected chi connectivity index (χ2v) is 4.03. The van der Waals surface area contributed by atoms with Crippen molar-refractivity contribution in [2.24, 2.45) is 0 Å². The highest BCUT2D eigenvalue weighted by Gasteiger charge is 2.19. The van der Waals surface area contributed by atoms with Gasteiger partial charge in [0.1, 0.15) is 0 Å². The van der Waals surface area contributed by atoms with Crippen LogP contribution in [0.2, 0.25) is 0 Å². The van der Waals surface area contributed by atoms with Gasteiger partial charge in [-0.05, 0) is 32.7 Å². The molecule has 0 bridgehead atoms. The predicted molar refractivity (Wildman–Crippen MR) is 48.3 cm³/mol. The highest BCUT2D eigenvalue weighted by atomic mass is 32.2. The second kappa shape index (κ2) is 3.44. The zero-order valence-corrected chi connectivity index (χ0v) is 7.66. The molecule has 1 heterocycles. The van der Waals surface area contributed by atoms with Crippen molar-refractivity contribution < 1.29 is 0 Å². The van der Waals surface area contributed by atoms with Gasteiger partial charge in [0.05, 0.1) is 0 Å². The lowest BCUT2D eigenvalue weighted by Crippen LogP contribution is -2.31. The summed E-state index contributed by atoms with van der Waals surface area (Å²) in [6, 6.07) is 0.638. The lowest BCUT2D eigenvalue weighted by molar-refractivity contribution is 0.582. The maximum Gasteiger partial charge on any atom is 0.0276 e. The van der Waals surface area contributed by atoms with Crippen molar-refractivity contribution in [1.82, 2.24) is 5.32 Å². The van der Waals surface area contributed by atoms with Crippen molar-refractivity contribution in [3.05, 3.63) is 11.0 Å². The lowest BCUT2D eigenvalue weighted by atomic mass is 10.1. The van der Waals surface area contributed by atoms with E-state index in [-0.39, 0.29) is 0 Å². The molecule has 1 aliphatic heterocycles. The number of allylic oxidation sites excluding steroid dienone is 1. The third-order valence-corrected chi connectivity index (χ3v) is 3.44. The Morgan fingerprint density at radius 2 is 2.50 bits per heavy atom. The van der Waals surface area contributed by atoms with E-state index in [0.717, 1.165) is 5.25 Å². The van der Waals surface area contributed by atoms with Crippen LogP contribution in [-0.2, 0) is 0 Å². The van der Waals surface area contributed by atoms with Crippen LogP contribution >= 0.6 is 11.8 Å². The number of nitrogens with one attached hydrogen (secondary N) is 1. The Labute approximate surface area is 67.3 Å². The summed E-state index contributed by atoms with van der Waals surface area (Å²) in [4.78, 5) is 0. The van der Waals surface area contributed by atoms with Gasteiger partial charge in [0, 0.05) is 11.3 Å². The van der Waals surface area contributed by atoms with E-state index in [1.165, 1.54) is 12.0 Å². The summed E-state index contributed by atoms with van der Waals surface area (Å²) in [5.41, 5.74) is 1.53. The first kappa shape index (κ1) is 8.15. The van der Waals surface area contributed by atoms with Gasteiger partial charge in [0.2, 0.25) is 0 Å². The third-order valence-electron chi connectivity index (χ3n) is 1.98. The SMILES string of the molecule is CN[C@H](C)C1CC(C)=CS1. The molecular formula is C8H15NS. The van der Waals surface area contributed by atoms with E-state index in [2.05, 4.69) is 24.6 Å². The third kappa shape index (κ3) is 1.77. The van der Waals surface area contributed by atoms with E-state index in [4.69, 9.17) is 0 Å². The highest BCUT2D eigenvalue weighted by Crippen LogP contribution is 2.31. The van der Waals surface area contributed by atoms with Crippen molar-refractivity contribution in [1.29, 1.82) is 0 Å². The van der Waals surface area contributed by atoms with E-state index < -0.39 is 0 Å². The van der Waals surface area contributed by atoms with Crippen LogP contribution in [0, 0.1) is 0 Å². The van der Waals surface area contributed by atoms with Gasteiger partial charge in [-0.15, -0.1) is 11.8 Å². The van der Waals surface area contributed by atoms with Gasteiger partial charge in [-0.25, -0.2) is 0 Å². The molecule has 58 valence electrons. The first-order chi connectivity index (χ1) is 4.74. The maximum absolute atomic E-state index is 3.27. The molecular weight excluding hydrogens is 142 g/mol. The molecule has 0 radical (unpaired) electrons. The minimum absolute atomic E-state index is 0.638. The Balaban J connectivity index is 2.34. The summed E-state index contributed by atoms with van der Waals surface area (Å²) in [7, 11) is 2.03. The Bertz CT molecular complexity index is 142. The van der Waals surface area contributed by atoms with Crippen LogP contribution in [0.3, 0.4) is 0 Å². The van der Waals surface area contributed by atoms with Gasteiger partial charge in [-0.2, -0.15) is 0 Å². The maximum atomic E-state index is 3.27. The van der Waals surface area contributed by atoms with Crippen LogP contribution in [0.1, 0.15) is 20.3 Å². The molecule has 0 saturated carbocycles. The van der Waals surface area contributed by atoms with Crippen LogP contribution < -0.4 is 5.32 Å². The van der Waals surface area contributed by atoms with E-state index >= 15 is 0 Å². The van der Waals surface area contributed by atoms with E-state index in [1.807, 2.05) is 18.8 Å². The summed E-state index contributed by atoms with van der Waals surface area (Å²) in [6.07, 6.45) is 1.26. The first-order valence-corrected chi connectivity index (χ1v) is 4.66. The minimum Gasteiger partial charge on any atom is -0.316 e. The molecule has 0 aromatic carbocycles. The molecule has 1 rings (SSSR count). The normalized spacial score (nSPS) is 28.3. The number of rotatable bonds is 2. The first-order valence-electron chi connectivity index (χ1n) is 3.72. The summed E-state index contributed by atoms with van der Waals surface area (Å²) in [5.74, 6) is 0. The van der Waals surface area contributed by atoms with Crippen molar-refractivity contribution in [2.45, 2.75) is 31.6 Å². The molecule has 0 fully saturated rings. The number of hydrogen-bond donors (Lipinski definition) is 1. The van der Waals surface area contributed by atoms with Crippen LogP contribution in [0.15, 0.2) is 11.0 Å². The smallest absolute Gasteiger partial charge is 0.0276 e. The molecule has 1 unspecified atom stereocenters. The van der Waals surface area contributed by atoms with E-state index in [1.54, 1.807) is 0 Å². The van der Waals surface area contributed by atoms with E-state index in [9.17, 15) is 0 Å². The summed E-state index contributed by atoms with van der Waals surface area (Å²) >= 11 is 1.96. The number of thioether (sulfide) groups is 1. The van der Waals surface area contributed by atoms with Crippen LogP contribution in [0.4, 0.5) is 0 Å². The monoisotopic (exact) mass is 157 g/mol. The molecule has 1 aliphatic rings. The van der Waals surface area contributed by atoms with Gasteiger partial charge in [0.25, 0.3) is 0 Å². The highest BCUT2D eigenvalue weighted by molar-refractivity contribution is 8.03. The van der Waals surface area contributed by atoms with Crippen LogP contribution in [0.25, 0.3) is 0 Å². The molecule has 0 aliphatic carbocycles. The Morgan fingerprint density at radius 3 is 2.90 bits per heavy atom. The average Bonchev–Trinajstić information content (AvgIpc) is 2.34. The van der Waals surface area contributed by atoms with Crippen molar-refractivity contribution >= 4 is 11.8 Å². The summed E-state index contributed by atoms with van der Waals surface area (Å²) in [6.45, 7) is 4.44. The number of hydrogen-bond acceptors (Lipinski definition) is 2. The van der Waals surface area contributed by atoms with Crippen molar-refractivity contribution in [3.8, 4) is 0 Å². The summed E-state index contributed by atoms with van der Waals surface area (Å²) < 4.78 is 0. The van der Waals surface area contributed by atoms with Gasteiger partial charge in [-0.3, -0.25) is 0 Å². The van der Waals surface area contributed by atoms with Crippen LogP contribution in [-0.4, -0.2) is 18.3 Å². The molecule has 0 spiro atoms. The second-order valence-electron chi connectivity index (χ2n) is 2.92. The minimum atomic E-state index is 0.638. The Kier molecular flexibility index (Phi) is 2.81. The molecule has 10 heavy (non-hydrogen) atoms. The molecule has 1 nitrogen and oxygen atoms in total. The van der Waals surface area contributed by atoms with Gasteiger partial charge in [0.15, 0.2) is 0 Å². The van der Waals surface area contributed by atoms with Gasteiger partial charge in [-0.1, -0.05) is 5.57 Å². The molecule has 0 aromatic rings. The van der Waals surface area contributed by atoms with Gasteiger partial charge < -0.3 is 5.32 Å². The Hall–Kier alpha value is 0.0500. The fraction of sp³-hybridized carbons (Fsp3) is 0.750. The fourth-order valence-electron chi connectivity index (χ4n) is 1.10. The van der Waals surface area contributed by atoms with Crippen molar-refractivity contribution in [3.63, 3.8) is 0 Å². The van der Waals surface area contributed by atoms with E-state index in [0.29, 0.717) is 6.04 Å². The predicted octanol–water partition coefficient (Wildman–Crippen LogP) is 2.00. The zero-order chi connectivity index (χ0) is 7.56. The standard InChI is InChI=1S/C8H15NS/c1-6-4-8(10-5-6)7(2)9-3/h5,7-9H,4H2,1-3H3/t7-,8?/m1/s1. The molecule has 0 saturated heterocycles. The van der Waals surface area contributed by atoms with Crippen molar-refractivity contribution in [2.75, 3.05) is 7.05 Å². The molecule has 2 atom stereocenters. The van der Waals surface area contributed by atoms with Crippen LogP contribution in [0.5, 0.6) is 0 Å². The quantitative estimate of drug-likeness (QED) is 0.658. The zero-order valence-electron chi connectivity index (χ0n) is 6.85. The lowest BCUT2D eigenvalue weighted by Gasteiger charge is -2.16. The average molecular weight is 157 g/mol. The Morgan fingerprint density at radius 1 is 1.80 bits per heavy atom. The molecule has 0 amide bonds. The summed E-state index contributed by atoms with van der Waals surface area (Å²) in [5, 5.41) is 6.32. The molecule has 2 heteroatoms.